The van der Waals surface area contributed by atoms with E-state index in [2.05, 4.69) is 5.32 Å². The standard InChI is InChI=1S/C13H16F2N2O2/c1-16-12-10(14)5-8(6-11(12)15)13(18)17(2)9-3-4-19-7-9/h5-6,9,16H,3-4,7H2,1-2H3. The number of carbonyl (C=O) groups excluding carboxylic acids is 1. The van der Waals surface area contributed by atoms with Gasteiger partial charge in [0.25, 0.3) is 5.91 Å². The van der Waals surface area contributed by atoms with Gasteiger partial charge in [-0.1, -0.05) is 0 Å². The van der Waals surface area contributed by atoms with Crippen LogP contribution in [0.1, 0.15) is 16.8 Å². The average molecular weight is 270 g/mol. The molecule has 1 aromatic carbocycles. The summed E-state index contributed by atoms with van der Waals surface area (Å²) in [5.41, 5.74) is -0.230. The van der Waals surface area contributed by atoms with Gasteiger partial charge in [0, 0.05) is 26.3 Å². The van der Waals surface area contributed by atoms with Gasteiger partial charge in [0.1, 0.15) is 17.3 Å². The summed E-state index contributed by atoms with van der Waals surface area (Å²) < 4.78 is 32.4. The average Bonchev–Trinajstić information content (AvgIpc) is 2.90. The zero-order chi connectivity index (χ0) is 14.0. The van der Waals surface area contributed by atoms with Crippen molar-refractivity contribution in [2.75, 3.05) is 32.6 Å². The van der Waals surface area contributed by atoms with Crippen LogP contribution >= 0.6 is 0 Å². The van der Waals surface area contributed by atoms with E-state index in [1.165, 1.54) is 11.9 Å². The third kappa shape index (κ3) is 2.68. The SMILES string of the molecule is CNc1c(F)cc(C(=O)N(C)C2CCOC2)cc1F. The van der Waals surface area contributed by atoms with Gasteiger partial charge in [-0.25, -0.2) is 8.78 Å². The molecule has 1 unspecified atom stereocenters. The van der Waals surface area contributed by atoms with E-state index in [-0.39, 0.29) is 17.3 Å². The van der Waals surface area contributed by atoms with Gasteiger partial charge < -0.3 is 15.0 Å². The zero-order valence-electron chi connectivity index (χ0n) is 10.9. The smallest absolute Gasteiger partial charge is 0.254 e. The Bertz CT molecular complexity index is 465. The van der Waals surface area contributed by atoms with Crippen LogP contribution in [0.5, 0.6) is 0 Å². The van der Waals surface area contributed by atoms with E-state index in [9.17, 15) is 13.6 Å². The van der Waals surface area contributed by atoms with Gasteiger partial charge >= 0.3 is 0 Å². The maximum Gasteiger partial charge on any atom is 0.254 e. The van der Waals surface area contributed by atoms with Gasteiger partial charge in [-0.15, -0.1) is 0 Å². The fourth-order valence-electron chi connectivity index (χ4n) is 2.13. The van der Waals surface area contributed by atoms with E-state index in [4.69, 9.17) is 4.74 Å². The van der Waals surface area contributed by atoms with Crippen molar-refractivity contribution in [1.82, 2.24) is 4.90 Å². The van der Waals surface area contributed by atoms with Gasteiger partial charge in [-0.2, -0.15) is 0 Å². The van der Waals surface area contributed by atoms with Crippen LogP contribution < -0.4 is 5.32 Å². The minimum Gasteiger partial charge on any atom is -0.383 e. The summed E-state index contributed by atoms with van der Waals surface area (Å²) in [4.78, 5) is 13.6. The summed E-state index contributed by atoms with van der Waals surface area (Å²) in [6, 6.07) is 2.05. The second-order valence-electron chi connectivity index (χ2n) is 4.50. The Morgan fingerprint density at radius 1 is 1.42 bits per heavy atom. The molecule has 1 saturated heterocycles. The van der Waals surface area contributed by atoms with Crippen LogP contribution in [0.4, 0.5) is 14.5 Å². The number of benzene rings is 1. The highest BCUT2D eigenvalue weighted by atomic mass is 19.1. The number of amides is 1. The lowest BCUT2D eigenvalue weighted by Gasteiger charge is -2.23. The van der Waals surface area contributed by atoms with Gasteiger partial charge in [0.05, 0.1) is 12.6 Å². The molecular weight excluding hydrogens is 254 g/mol. The summed E-state index contributed by atoms with van der Waals surface area (Å²) in [6.45, 7) is 1.06. The Balaban J connectivity index is 2.23. The number of hydrogen-bond donors (Lipinski definition) is 1. The van der Waals surface area contributed by atoms with Crippen molar-refractivity contribution < 1.29 is 18.3 Å². The molecule has 104 valence electrons. The second kappa shape index (κ2) is 5.52. The fourth-order valence-corrected chi connectivity index (χ4v) is 2.13. The Kier molecular flexibility index (Phi) is 3.99. The number of ether oxygens (including phenoxy) is 1. The quantitative estimate of drug-likeness (QED) is 0.911. The van der Waals surface area contributed by atoms with E-state index in [0.29, 0.717) is 13.2 Å². The molecule has 1 atom stereocenters. The van der Waals surface area contributed by atoms with Crippen LogP contribution in [0.2, 0.25) is 0 Å². The van der Waals surface area contributed by atoms with Crippen molar-refractivity contribution in [2.45, 2.75) is 12.5 Å². The number of hydrogen-bond acceptors (Lipinski definition) is 3. The molecule has 0 saturated carbocycles. The minimum absolute atomic E-state index is 0.00315. The molecule has 1 aliphatic heterocycles. The third-order valence-corrected chi connectivity index (χ3v) is 3.31. The lowest BCUT2D eigenvalue weighted by molar-refractivity contribution is 0.0710. The summed E-state index contributed by atoms with van der Waals surface area (Å²) in [5, 5.41) is 2.42. The lowest BCUT2D eigenvalue weighted by Crippen LogP contribution is -2.37. The summed E-state index contributed by atoms with van der Waals surface area (Å²) in [7, 11) is 3.04. The molecule has 2 rings (SSSR count). The number of nitrogens with one attached hydrogen (secondary N) is 1. The molecule has 0 bridgehead atoms. The predicted octanol–water partition coefficient (Wildman–Crippen LogP) is 1.87. The van der Waals surface area contributed by atoms with E-state index < -0.39 is 17.5 Å². The summed E-state index contributed by atoms with van der Waals surface area (Å²) in [6.07, 6.45) is 0.738. The van der Waals surface area contributed by atoms with E-state index >= 15 is 0 Å². The Labute approximate surface area is 110 Å². The third-order valence-electron chi connectivity index (χ3n) is 3.31. The molecule has 1 amide bonds. The number of likely N-dealkylation sites (N-methyl/N-ethyl adjacent to an activating group) is 1. The van der Waals surface area contributed by atoms with Crippen LogP contribution in [0.3, 0.4) is 0 Å². The number of carbonyl (C=O) groups is 1. The zero-order valence-corrected chi connectivity index (χ0v) is 10.9. The molecule has 19 heavy (non-hydrogen) atoms. The van der Waals surface area contributed by atoms with Crippen molar-refractivity contribution in [3.8, 4) is 0 Å². The van der Waals surface area contributed by atoms with Crippen LogP contribution in [0.15, 0.2) is 12.1 Å². The summed E-state index contributed by atoms with van der Waals surface area (Å²) in [5.74, 6) is -1.96. The highest BCUT2D eigenvalue weighted by molar-refractivity contribution is 5.94. The van der Waals surface area contributed by atoms with Crippen LogP contribution in [0.25, 0.3) is 0 Å². The van der Waals surface area contributed by atoms with Crippen LogP contribution in [0, 0.1) is 11.6 Å². The minimum atomic E-state index is -0.776. The molecule has 1 N–H and O–H groups in total. The molecule has 1 aliphatic rings. The second-order valence-corrected chi connectivity index (χ2v) is 4.50. The predicted molar refractivity (Wildman–Crippen MR) is 67.2 cm³/mol. The number of rotatable bonds is 3. The van der Waals surface area contributed by atoms with Crippen molar-refractivity contribution >= 4 is 11.6 Å². The van der Waals surface area contributed by atoms with Gasteiger partial charge in [0.15, 0.2) is 0 Å². The molecule has 1 heterocycles. The van der Waals surface area contributed by atoms with E-state index in [1.807, 2.05) is 0 Å². The van der Waals surface area contributed by atoms with Crippen LogP contribution in [-0.2, 0) is 4.74 Å². The topological polar surface area (TPSA) is 41.6 Å². The van der Waals surface area contributed by atoms with Crippen molar-refractivity contribution in [1.29, 1.82) is 0 Å². The van der Waals surface area contributed by atoms with Crippen molar-refractivity contribution in [3.63, 3.8) is 0 Å². The molecule has 1 fully saturated rings. The van der Waals surface area contributed by atoms with E-state index in [1.54, 1.807) is 7.05 Å². The van der Waals surface area contributed by atoms with Crippen LogP contribution in [-0.4, -0.2) is 44.2 Å². The van der Waals surface area contributed by atoms with Gasteiger partial charge in [-0.05, 0) is 18.6 Å². The molecule has 4 nitrogen and oxygen atoms in total. The largest absolute Gasteiger partial charge is 0.383 e. The summed E-state index contributed by atoms with van der Waals surface area (Å²) >= 11 is 0. The monoisotopic (exact) mass is 270 g/mol. The number of halogens is 2. The molecule has 1 aromatic rings. The first-order chi connectivity index (χ1) is 9.04. The first-order valence-electron chi connectivity index (χ1n) is 6.06. The molecule has 0 radical (unpaired) electrons. The number of anilines is 1. The molecule has 0 aromatic heterocycles. The lowest BCUT2D eigenvalue weighted by atomic mass is 10.1. The Morgan fingerprint density at radius 2 is 2.05 bits per heavy atom. The van der Waals surface area contributed by atoms with Crippen molar-refractivity contribution in [3.05, 3.63) is 29.3 Å². The number of nitrogens with zero attached hydrogens (tertiary/aromatic N) is 1. The first kappa shape index (κ1) is 13.7. The highest BCUT2D eigenvalue weighted by Gasteiger charge is 2.26. The highest BCUT2D eigenvalue weighted by Crippen LogP contribution is 2.22. The van der Waals surface area contributed by atoms with Gasteiger partial charge in [-0.3, -0.25) is 4.79 Å². The maximum atomic E-state index is 13.6. The molecule has 0 aliphatic carbocycles. The normalized spacial score (nSPS) is 18.4. The Morgan fingerprint density at radius 3 is 2.53 bits per heavy atom. The Hall–Kier alpha value is -1.69. The van der Waals surface area contributed by atoms with Gasteiger partial charge in [0.2, 0.25) is 0 Å². The first-order valence-corrected chi connectivity index (χ1v) is 6.06. The maximum absolute atomic E-state index is 13.6. The molecular formula is C13H16F2N2O2. The van der Waals surface area contributed by atoms with E-state index in [0.717, 1.165) is 18.6 Å². The molecule has 6 heteroatoms. The fraction of sp³-hybridized carbons (Fsp3) is 0.462. The van der Waals surface area contributed by atoms with Crippen molar-refractivity contribution in [2.24, 2.45) is 0 Å². The molecule has 0 spiro atoms.